The summed E-state index contributed by atoms with van der Waals surface area (Å²) in [5.41, 5.74) is 3.43. The quantitative estimate of drug-likeness (QED) is 0.316. The van der Waals surface area contributed by atoms with Crippen molar-refractivity contribution in [3.05, 3.63) is 65.2 Å². The molecule has 3 rings (SSSR count). The number of benzene rings is 2. The Kier molecular flexibility index (Phi) is 9.93. The Balaban J connectivity index is 0.00000320. The van der Waals surface area contributed by atoms with E-state index in [0.717, 1.165) is 30.2 Å². The molecule has 0 aliphatic carbocycles. The van der Waals surface area contributed by atoms with Crippen LogP contribution in [0.25, 0.3) is 0 Å². The summed E-state index contributed by atoms with van der Waals surface area (Å²) in [5, 5.41) is 6.67. The summed E-state index contributed by atoms with van der Waals surface area (Å²) in [5.74, 6) is 1.89. The van der Waals surface area contributed by atoms with Gasteiger partial charge in [-0.3, -0.25) is 9.79 Å². The number of hydrogen-bond donors (Lipinski definition) is 2. The van der Waals surface area contributed by atoms with Gasteiger partial charge in [0.1, 0.15) is 5.75 Å². The molecule has 0 aromatic heterocycles. The number of aliphatic imine (C=N–C) groups is 1. The molecule has 1 amide bonds. The maximum Gasteiger partial charge on any atom is 0.222 e. The first-order valence-electron chi connectivity index (χ1n) is 10.2. The lowest BCUT2D eigenvalue weighted by Crippen LogP contribution is -2.36. The molecular formula is C23H31IN4O2. The average molecular weight is 522 g/mol. The molecule has 162 valence electrons. The Morgan fingerprint density at radius 2 is 1.77 bits per heavy atom. The Bertz CT molecular complexity index is 839. The van der Waals surface area contributed by atoms with Crippen molar-refractivity contribution in [3.8, 4) is 5.75 Å². The third-order valence-corrected chi connectivity index (χ3v) is 4.97. The van der Waals surface area contributed by atoms with Crippen molar-refractivity contribution in [1.29, 1.82) is 0 Å². The number of amides is 1. The number of carbonyl (C=O) groups is 1. The highest BCUT2D eigenvalue weighted by Gasteiger charge is 2.19. The minimum atomic E-state index is 0. The zero-order valence-corrected chi connectivity index (χ0v) is 20.0. The number of hydrogen-bond acceptors (Lipinski definition) is 3. The van der Waals surface area contributed by atoms with E-state index in [1.54, 1.807) is 7.05 Å². The number of para-hydroxylation sites is 1. The van der Waals surface area contributed by atoms with Gasteiger partial charge in [0.2, 0.25) is 5.91 Å². The molecule has 30 heavy (non-hydrogen) atoms. The van der Waals surface area contributed by atoms with Gasteiger partial charge in [0.15, 0.2) is 5.96 Å². The van der Waals surface area contributed by atoms with E-state index < -0.39 is 0 Å². The van der Waals surface area contributed by atoms with Crippen LogP contribution in [0.1, 0.15) is 36.5 Å². The molecule has 0 spiro atoms. The van der Waals surface area contributed by atoms with Crippen molar-refractivity contribution in [2.24, 2.45) is 4.99 Å². The maximum atomic E-state index is 11.8. The summed E-state index contributed by atoms with van der Waals surface area (Å²) >= 11 is 0. The van der Waals surface area contributed by atoms with Gasteiger partial charge in [0, 0.05) is 45.2 Å². The highest BCUT2D eigenvalue weighted by atomic mass is 127. The lowest BCUT2D eigenvalue weighted by molar-refractivity contribution is -0.128. The fraction of sp³-hybridized carbons (Fsp3) is 0.391. The summed E-state index contributed by atoms with van der Waals surface area (Å²) in [4.78, 5) is 18.0. The summed E-state index contributed by atoms with van der Waals surface area (Å²) in [6, 6.07) is 16.4. The van der Waals surface area contributed by atoms with Crippen LogP contribution in [0.5, 0.6) is 5.75 Å². The Hall–Kier alpha value is -2.29. The first kappa shape index (κ1) is 24.0. The van der Waals surface area contributed by atoms with Gasteiger partial charge >= 0.3 is 0 Å². The van der Waals surface area contributed by atoms with E-state index in [0.29, 0.717) is 32.7 Å². The topological polar surface area (TPSA) is 66.0 Å². The highest BCUT2D eigenvalue weighted by molar-refractivity contribution is 14.0. The molecule has 1 aliphatic rings. The largest absolute Gasteiger partial charge is 0.494 e. The second-order valence-electron chi connectivity index (χ2n) is 7.06. The van der Waals surface area contributed by atoms with Gasteiger partial charge in [0.05, 0.1) is 6.61 Å². The molecule has 1 saturated heterocycles. The van der Waals surface area contributed by atoms with Gasteiger partial charge in [0.25, 0.3) is 0 Å². The van der Waals surface area contributed by atoms with E-state index in [9.17, 15) is 4.79 Å². The van der Waals surface area contributed by atoms with Crippen molar-refractivity contribution in [2.45, 2.75) is 39.4 Å². The van der Waals surface area contributed by atoms with Crippen LogP contribution in [0.2, 0.25) is 0 Å². The SMILES string of the molecule is CCOc1ccccc1CNC(=NC)NCc1ccc(CN2CCCC2=O)cc1.I. The number of halogens is 1. The van der Waals surface area contributed by atoms with Crippen LogP contribution in [0.15, 0.2) is 53.5 Å². The van der Waals surface area contributed by atoms with Crippen molar-refractivity contribution >= 4 is 35.8 Å². The molecule has 0 bridgehead atoms. The molecule has 2 aromatic carbocycles. The fourth-order valence-corrected chi connectivity index (χ4v) is 3.39. The molecule has 0 atom stereocenters. The minimum absolute atomic E-state index is 0. The Morgan fingerprint density at radius 1 is 1.07 bits per heavy atom. The summed E-state index contributed by atoms with van der Waals surface area (Å²) < 4.78 is 5.67. The summed E-state index contributed by atoms with van der Waals surface area (Å²) in [6.45, 7) is 5.52. The van der Waals surface area contributed by atoms with Crippen LogP contribution in [-0.2, 0) is 24.4 Å². The zero-order chi connectivity index (χ0) is 20.5. The monoisotopic (exact) mass is 522 g/mol. The van der Waals surface area contributed by atoms with Crippen molar-refractivity contribution < 1.29 is 9.53 Å². The second-order valence-corrected chi connectivity index (χ2v) is 7.06. The van der Waals surface area contributed by atoms with E-state index in [1.807, 2.05) is 30.0 Å². The highest BCUT2D eigenvalue weighted by Crippen LogP contribution is 2.17. The predicted octanol–water partition coefficient (Wildman–Crippen LogP) is 3.69. The maximum absolute atomic E-state index is 11.8. The first-order valence-corrected chi connectivity index (χ1v) is 10.2. The number of nitrogens with one attached hydrogen (secondary N) is 2. The van der Waals surface area contributed by atoms with Crippen LogP contribution in [-0.4, -0.2) is 37.0 Å². The van der Waals surface area contributed by atoms with Gasteiger partial charge in [-0.05, 0) is 30.5 Å². The summed E-state index contributed by atoms with van der Waals surface area (Å²) in [7, 11) is 1.76. The van der Waals surface area contributed by atoms with Crippen LogP contribution in [0, 0.1) is 0 Å². The van der Waals surface area contributed by atoms with E-state index >= 15 is 0 Å². The lowest BCUT2D eigenvalue weighted by Gasteiger charge is -2.16. The van der Waals surface area contributed by atoms with Gasteiger partial charge in [-0.15, -0.1) is 24.0 Å². The molecule has 0 unspecified atom stereocenters. The van der Waals surface area contributed by atoms with Crippen LogP contribution >= 0.6 is 24.0 Å². The number of rotatable bonds is 8. The normalized spacial score (nSPS) is 13.7. The average Bonchev–Trinajstić information content (AvgIpc) is 3.15. The van der Waals surface area contributed by atoms with E-state index in [4.69, 9.17) is 4.74 Å². The molecule has 1 aliphatic heterocycles. The number of carbonyl (C=O) groups excluding carboxylic acids is 1. The molecule has 2 aromatic rings. The number of nitrogens with zero attached hydrogens (tertiary/aromatic N) is 2. The molecule has 0 saturated carbocycles. The molecule has 2 N–H and O–H groups in total. The lowest BCUT2D eigenvalue weighted by atomic mass is 10.1. The minimum Gasteiger partial charge on any atom is -0.494 e. The van der Waals surface area contributed by atoms with E-state index in [2.05, 4.69) is 46.0 Å². The van der Waals surface area contributed by atoms with Crippen LogP contribution < -0.4 is 15.4 Å². The zero-order valence-electron chi connectivity index (χ0n) is 17.7. The Morgan fingerprint density at radius 3 is 2.43 bits per heavy atom. The Labute approximate surface area is 196 Å². The number of guanidine groups is 1. The molecule has 0 radical (unpaired) electrons. The third kappa shape index (κ3) is 6.90. The fourth-order valence-electron chi connectivity index (χ4n) is 3.39. The smallest absolute Gasteiger partial charge is 0.222 e. The number of likely N-dealkylation sites (tertiary alicyclic amines) is 1. The molecule has 7 heteroatoms. The summed E-state index contributed by atoms with van der Waals surface area (Å²) in [6.07, 6.45) is 1.66. The standard InChI is InChI=1S/C23H30N4O2.HI/c1-3-29-21-8-5-4-7-20(21)16-26-23(24-2)25-15-18-10-12-19(13-11-18)17-27-14-6-9-22(27)28;/h4-5,7-8,10-13H,3,6,9,14-17H2,1-2H3,(H2,24,25,26);1H. The van der Waals surface area contributed by atoms with Gasteiger partial charge < -0.3 is 20.3 Å². The van der Waals surface area contributed by atoms with Crippen LogP contribution in [0.4, 0.5) is 0 Å². The van der Waals surface area contributed by atoms with E-state index in [-0.39, 0.29) is 29.9 Å². The van der Waals surface area contributed by atoms with Gasteiger partial charge in [-0.2, -0.15) is 0 Å². The van der Waals surface area contributed by atoms with Crippen LogP contribution in [0.3, 0.4) is 0 Å². The second kappa shape index (κ2) is 12.4. The van der Waals surface area contributed by atoms with Gasteiger partial charge in [-0.1, -0.05) is 42.5 Å². The molecular weight excluding hydrogens is 491 g/mol. The predicted molar refractivity (Wildman–Crippen MR) is 131 cm³/mol. The third-order valence-electron chi connectivity index (χ3n) is 4.97. The van der Waals surface area contributed by atoms with Gasteiger partial charge in [-0.25, -0.2) is 0 Å². The van der Waals surface area contributed by atoms with Crippen molar-refractivity contribution in [2.75, 3.05) is 20.2 Å². The molecule has 1 fully saturated rings. The number of ether oxygens (including phenoxy) is 1. The first-order chi connectivity index (χ1) is 14.2. The molecule has 6 nitrogen and oxygen atoms in total. The van der Waals surface area contributed by atoms with E-state index in [1.165, 1.54) is 11.1 Å². The van der Waals surface area contributed by atoms with Crippen molar-refractivity contribution in [3.63, 3.8) is 0 Å². The van der Waals surface area contributed by atoms with Crippen molar-refractivity contribution in [1.82, 2.24) is 15.5 Å². The molecule has 1 heterocycles.